The number of hydrogen-bond acceptors (Lipinski definition) is 8. The number of piperazine rings is 1. The Morgan fingerprint density at radius 2 is 1.50 bits per heavy atom. The fourth-order valence-electron chi connectivity index (χ4n) is 3.69. The van der Waals surface area contributed by atoms with Crippen LogP contribution >= 0.6 is 11.3 Å². The van der Waals surface area contributed by atoms with E-state index < -0.39 is 24.3 Å². The first kappa shape index (κ1) is 31.5. The molecule has 4 rings (SSSR count). The number of halogens is 6. The van der Waals surface area contributed by atoms with Crippen molar-refractivity contribution in [1.82, 2.24) is 29.2 Å². The van der Waals surface area contributed by atoms with Gasteiger partial charge < -0.3 is 19.7 Å². The average molecular weight is 575 g/mol. The highest BCUT2D eigenvalue weighted by molar-refractivity contribution is 7.09. The maximum absolute atomic E-state index is 10.6. The molecule has 0 bridgehead atoms. The maximum Gasteiger partial charge on any atom is 0.490 e. The van der Waals surface area contributed by atoms with Crippen molar-refractivity contribution < 1.29 is 46.1 Å². The molecule has 1 fully saturated rings. The van der Waals surface area contributed by atoms with E-state index in [0.29, 0.717) is 6.04 Å². The molecule has 2 aromatic heterocycles. The van der Waals surface area contributed by atoms with Crippen LogP contribution in [0.5, 0.6) is 0 Å². The molecule has 4 heterocycles. The van der Waals surface area contributed by atoms with E-state index >= 15 is 0 Å². The quantitative estimate of drug-likeness (QED) is 0.532. The van der Waals surface area contributed by atoms with Crippen molar-refractivity contribution in [2.45, 2.75) is 45.0 Å². The van der Waals surface area contributed by atoms with E-state index in [1.807, 2.05) is 6.20 Å². The van der Waals surface area contributed by atoms with Crippen LogP contribution in [0.3, 0.4) is 0 Å². The van der Waals surface area contributed by atoms with Gasteiger partial charge in [-0.2, -0.15) is 26.3 Å². The van der Waals surface area contributed by atoms with Crippen LogP contribution in [0, 0.1) is 0 Å². The number of hydrogen-bond donors (Lipinski definition) is 2. The van der Waals surface area contributed by atoms with Crippen LogP contribution < -0.4 is 0 Å². The summed E-state index contributed by atoms with van der Waals surface area (Å²) in [5, 5.41) is 17.5. The van der Waals surface area contributed by atoms with E-state index in [-0.39, 0.29) is 0 Å². The summed E-state index contributed by atoms with van der Waals surface area (Å²) in [6.45, 7) is 11.0. The van der Waals surface area contributed by atoms with Crippen LogP contribution in [0.25, 0.3) is 0 Å². The van der Waals surface area contributed by atoms with Crippen molar-refractivity contribution in [2.75, 3.05) is 39.8 Å². The number of carboxylic acids is 2. The lowest BCUT2D eigenvalue weighted by Crippen LogP contribution is -2.44. The van der Waals surface area contributed by atoms with Crippen LogP contribution in [0.15, 0.2) is 17.8 Å². The second-order valence-electron chi connectivity index (χ2n) is 8.52. The largest absolute Gasteiger partial charge is 0.490 e. The summed E-state index contributed by atoms with van der Waals surface area (Å²) in [5.74, 6) is -4.30. The van der Waals surface area contributed by atoms with Crippen molar-refractivity contribution >= 4 is 23.3 Å². The fourth-order valence-corrected chi connectivity index (χ4v) is 4.33. The Morgan fingerprint density at radius 3 is 1.97 bits per heavy atom. The number of likely N-dealkylation sites (N-methyl/N-ethyl adjacent to an activating group) is 1. The number of aliphatic carboxylic acids is 2. The van der Waals surface area contributed by atoms with Gasteiger partial charge in [-0.25, -0.2) is 19.6 Å². The molecule has 0 aliphatic carbocycles. The zero-order valence-electron chi connectivity index (χ0n) is 20.5. The number of nitrogens with zero attached hydrogens (tertiary/aromatic N) is 6. The Hall–Kier alpha value is -2.76. The van der Waals surface area contributed by atoms with Crippen molar-refractivity contribution in [3.63, 3.8) is 0 Å². The summed E-state index contributed by atoms with van der Waals surface area (Å²) in [5.41, 5.74) is 1.37. The summed E-state index contributed by atoms with van der Waals surface area (Å²) < 4.78 is 65.9. The molecule has 1 saturated heterocycles. The molecule has 2 aliphatic heterocycles. The number of carbonyl (C=O) groups is 2. The Balaban J connectivity index is 0.000000301. The lowest BCUT2D eigenvalue weighted by atomic mass is 10.2. The Morgan fingerprint density at radius 1 is 0.947 bits per heavy atom. The fraction of sp³-hybridized carbons (Fsp3) is 0.619. The molecule has 0 spiro atoms. The van der Waals surface area contributed by atoms with Crippen molar-refractivity contribution in [2.24, 2.45) is 0 Å². The molecular weight excluding hydrogens is 546 g/mol. The topological polar surface area (TPSA) is 115 Å². The summed E-state index contributed by atoms with van der Waals surface area (Å²) in [4.78, 5) is 34.4. The van der Waals surface area contributed by atoms with Gasteiger partial charge in [-0.1, -0.05) is 0 Å². The molecule has 10 nitrogen and oxygen atoms in total. The molecule has 214 valence electrons. The first-order valence-electron chi connectivity index (χ1n) is 11.3. The second-order valence-corrected chi connectivity index (χ2v) is 9.50. The van der Waals surface area contributed by atoms with Gasteiger partial charge in [-0.3, -0.25) is 9.80 Å². The second kappa shape index (κ2) is 13.3. The molecule has 0 saturated carbocycles. The number of fused-ring (bicyclic) bond motifs is 1. The monoisotopic (exact) mass is 574 g/mol. The van der Waals surface area contributed by atoms with E-state index in [1.165, 1.54) is 29.6 Å². The van der Waals surface area contributed by atoms with Crippen molar-refractivity contribution in [3.05, 3.63) is 34.3 Å². The maximum atomic E-state index is 10.6. The van der Waals surface area contributed by atoms with Gasteiger partial charge in [-0.05, 0) is 14.0 Å². The first-order chi connectivity index (χ1) is 17.6. The zero-order chi connectivity index (χ0) is 28.7. The molecule has 0 radical (unpaired) electrons. The minimum atomic E-state index is -5.08. The molecule has 0 amide bonds. The first-order valence-corrected chi connectivity index (χ1v) is 12.2. The van der Waals surface area contributed by atoms with E-state index in [1.54, 1.807) is 11.3 Å². The normalized spacial score (nSPS) is 19.0. The molecule has 1 atom stereocenters. The molecule has 2 aliphatic rings. The zero-order valence-corrected chi connectivity index (χ0v) is 21.4. The average Bonchev–Trinajstić information content (AvgIpc) is 3.47. The van der Waals surface area contributed by atoms with Gasteiger partial charge in [0.25, 0.3) is 0 Å². The minimum absolute atomic E-state index is 0.351. The summed E-state index contributed by atoms with van der Waals surface area (Å²) in [6, 6.07) is 0.351. The van der Waals surface area contributed by atoms with Gasteiger partial charge in [0.05, 0.1) is 18.3 Å². The van der Waals surface area contributed by atoms with E-state index in [0.717, 1.165) is 39.3 Å². The highest BCUT2D eigenvalue weighted by Gasteiger charge is 2.39. The van der Waals surface area contributed by atoms with Gasteiger partial charge in [0.1, 0.15) is 10.8 Å². The van der Waals surface area contributed by atoms with Crippen LogP contribution in [0.2, 0.25) is 0 Å². The lowest BCUT2D eigenvalue weighted by Gasteiger charge is -2.35. The number of alkyl halides is 6. The Labute approximate surface area is 218 Å². The third-order valence-corrected chi connectivity index (χ3v) is 6.55. The van der Waals surface area contributed by atoms with Gasteiger partial charge in [0.2, 0.25) is 0 Å². The predicted molar refractivity (Wildman–Crippen MR) is 123 cm³/mol. The molecular formula is C21H28F6N6O4S. The predicted octanol–water partition coefficient (Wildman–Crippen LogP) is 2.93. The van der Waals surface area contributed by atoms with Crippen LogP contribution in [0.4, 0.5) is 26.3 Å². The minimum Gasteiger partial charge on any atom is -0.475 e. The highest BCUT2D eigenvalue weighted by atomic mass is 32.1. The molecule has 38 heavy (non-hydrogen) atoms. The Bertz CT molecular complexity index is 1010. The molecule has 1 unspecified atom stereocenters. The highest BCUT2D eigenvalue weighted by Crippen LogP contribution is 2.27. The van der Waals surface area contributed by atoms with Gasteiger partial charge in [0.15, 0.2) is 0 Å². The van der Waals surface area contributed by atoms with Crippen LogP contribution in [-0.4, -0.2) is 104 Å². The number of carboxylic acid groups (broad SMARTS) is 2. The summed E-state index contributed by atoms with van der Waals surface area (Å²) in [7, 11) is 2.21. The van der Waals surface area contributed by atoms with E-state index in [4.69, 9.17) is 24.8 Å². The van der Waals surface area contributed by atoms with Gasteiger partial charge >= 0.3 is 24.3 Å². The number of thiazole rings is 1. The van der Waals surface area contributed by atoms with Crippen LogP contribution in [-0.2, 0) is 29.2 Å². The standard InChI is InChI=1S/C17H26N6S.2C2HF3O2/c1-14-17-19-11-15(12-21-6-4-20(2)5-7-21)23(17)9-8-22(14)13-16-18-3-10-24-16;2*3-2(4,5)1(6)7/h3,10-11,14H,4-9,12-13H2,1-2H3;2*(H,6,7). The molecule has 2 aromatic rings. The summed E-state index contributed by atoms with van der Waals surface area (Å²) >= 11 is 1.74. The molecule has 2 N–H and O–H groups in total. The smallest absolute Gasteiger partial charge is 0.475 e. The molecule has 17 heteroatoms. The molecule has 0 aromatic carbocycles. The summed E-state index contributed by atoms with van der Waals surface area (Å²) in [6.07, 6.45) is -6.18. The number of rotatable bonds is 4. The lowest BCUT2D eigenvalue weighted by molar-refractivity contribution is -0.193. The van der Waals surface area contributed by atoms with Crippen LogP contribution in [0.1, 0.15) is 29.5 Å². The van der Waals surface area contributed by atoms with E-state index in [9.17, 15) is 26.3 Å². The van der Waals surface area contributed by atoms with Gasteiger partial charge in [-0.15, -0.1) is 11.3 Å². The third kappa shape index (κ3) is 9.52. The Kier molecular flexibility index (Phi) is 11.0. The SMILES string of the molecule is CC1c2ncc(CN3CCN(C)CC3)n2CCN1Cc1nccs1.O=C(O)C(F)(F)F.O=C(O)C(F)(F)F. The number of aromatic nitrogens is 3. The number of imidazole rings is 1. The third-order valence-electron chi connectivity index (χ3n) is 5.79. The van der Waals surface area contributed by atoms with Crippen molar-refractivity contribution in [3.8, 4) is 0 Å². The van der Waals surface area contributed by atoms with Crippen molar-refractivity contribution in [1.29, 1.82) is 0 Å². The van der Waals surface area contributed by atoms with Gasteiger partial charge in [0, 0.05) is 63.6 Å². The van der Waals surface area contributed by atoms with E-state index in [2.05, 4.69) is 49.8 Å².